The minimum atomic E-state index is -3.91. The molecule has 10 heteroatoms. The van der Waals surface area contributed by atoms with E-state index in [1.165, 1.54) is 24.3 Å². The highest BCUT2D eigenvalue weighted by molar-refractivity contribution is 7.89. The molecular weight excluding hydrogens is 368 g/mol. The smallest absolute Gasteiger partial charge is 0.278 e. The van der Waals surface area contributed by atoms with Gasteiger partial charge in [-0.1, -0.05) is 12.1 Å². The first-order valence-corrected chi connectivity index (χ1v) is 9.13. The Balaban J connectivity index is 2.36. The van der Waals surface area contributed by atoms with Gasteiger partial charge in [0.25, 0.3) is 5.91 Å². The molecule has 0 aliphatic rings. The van der Waals surface area contributed by atoms with Crippen molar-refractivity contribution >= 4 is 34.0 Å². The Morgan fingerprint density at radius 3 is 2.59 bits per heavy atom. The molecule has 0 aliphatic carbocycles. The van der Waals surface area contributed by atoms with Crippen molar-refractivity contribution in [1.29, 1.82) is 0 Å². The zero-order valence-corrected chi connectivity index (χ0v) is 15.3. The van der Waals surface area contributed by atoms with Gasteiger partial charge in [-0.05, 0) is 37.9 Å². The van der Waals surface area contributed by atoms with E-state index in [-0.39, 0.29) is 22.1 Å². The van der Waals surface area contributed by atoms with E-state index < -0.39 is 15.9 Å². The highest BCUT2D eigenvalue weighted by Gasteiger charge is 2.16. The highest BCUT2D eigenvalue weighted by atomic mass is 32.2. The molecule has 2 rings (SSSR count). The number of pyridine rings is 1. The lowest BCUT2D eigenvalue weighted by Crippen LogP contribution is -2.19. The summed E-state index contributed by atoms with van der Waals surface area (Å²) in [7, 11) is -3.91. The summed E-state index contributed by atoms with van der Waals surface area (Å²) in [6.07, 6.45) is 3.19. The number of anilines is 1. The first-order chi connectivity index (χ1) is 12.7. The molecule has 0 spiro atoms. The third-order valence-corrected chi connectivity index (χ3v) is 4.32. The fraction of sp³-hybridized carbons (Fsp3) is 0.0588. The first kappa shape index (κ1) is 19.9. The SMILES string of the molecule is C=N/C(N)=C(\N=C(C)c1cccnc1)C(=O)Nc1cccc(S(N)(=O)=O)c1. The van der Waals surface area contributed by atoms with Crippen molar-refractivity contribution in [3.8, 4) is 0 Å². The van der Waals surface area contributed by atoms with Crippen molar-refractivity contribution in [3.05, 3.63) is 65.9 Å². The first-order valence-electron chi connectivity index (χ1n) is 7.58. The van der Waals surface area contributed by atoms with Crippen LogP contribution < -0.4 is 16.2 Å². The Morgan fingerprint density at radius 1 is 1.26 bits per heavy atom. The number of nitrogens with zero attached hydrogens (tertiary/aromatic N) is 3. The molecule has 5 N–H and O–H groups in total. The number of hydrogen-bond acceptors (Lipinski definition) is 7. The van der Waals surface area contributed by atoms with E-state index in [4.69, 9.17) is 10.9 Å². The number of carbonyl (C=O) groups is 1. The van der Waals surface area contributed by atoms with E-state index in [9.17, 15) is 13.2 Å². The van der Waals surface area contributed by atoms with Crippen LogP contribution in [0.4, 0.5) is 5.69 Å². The zero-order valence-electron chi connectivity index (χ0n) is 14.5. The fourth-order valence-electron chi connectivity index (χ4n) is 2.05. The van der Waals surface area contributed by atoms with Crippen LogP contribution in [0, 0.1) is 0 Å². The Hall–Kier alpha value is -3.37. The molecule has 0 radical (unpaired) electrons. The Bertz CT molecular complexity index is 1030. The number of carbonyl (C=O) groups excluding carboxylic acids is 1. The second-order valence-corrected chi connectivity index (χ2v) is 6.92. The summed E-state index contributed by atoms with van der Waals surface area (Å²) >= 11 is 0. The van der Waals surface area contributed by atoms with Crippen LogP contribution in [0.3, 0.4) is 0 Å². The van der Waals surface area contributed by atoms with Crippen LogP contribution in [0.5, 0.6) is 0 Å². The number of rotatable bonds is 6. The van der Waals surface area contributed by atoms with Crippen LogP contribution in [0.15, 0.2) is 75.2 Å². The number of aliphatic imine (C=N–C) groups is 2. The largest absolute Gasteiger partial charge is 0.382 e. The summed E-state index contributed by atoms with van der Waals surface area (Å²) in [6.45, 7) is 4.99. The van der Waals surface area contributed by atoms with Crippen molar-refractivity contribution in [2.45, 2.75) is 11.8 Å². The summed E-state index contributed by atoms with van der Waals surface area (Å²) in [6, 6.07) is 8.98. The van der Waals surface area contributed by atoms with Crippen LogP contribution in [-0.2, 0) is 14.8 Å². The number of sulfonamides is 1. The molecule has 0 saturated heterocycles. The lowest BCUT2D eigenvalue weighted by atomic mass is 10.2. The summed E-state index contributed by atoms with van der Waals surface area (Å²) in [4.78, 5) is 24.2. The van der Waals surface area contributed by atoms with E-state index in [0.717, 1.165) is 0 Å². The number of benzene rings is 1. The maximum Gasteiger partial charge on any atom is 0.278 e. The van der Waals surface area contributed by atoms with E-state index in [0.29, 0.717) is 11.3 Å². The standard InChI is InChI=1S/C17H18N6O3S/c1-11(12-5-4-8-21-10-12)22-15(16(18)20-2)17(24)23-13-6-3-7-14(9-13)27(19,25)26/h3-10H,2,18H2,1H3,(H,23,24)(H2,19,25,26)/b16-15-,22-11?. The van der Waals surface area contributed by atoms with E-state index >= 15 is 0 Å². The summed E-state index contributed by atoms with van der Waals surface area (Å²) in [5, 5.41) is 7.61. The van der Waals surface area contributed by atoms with Crippen molar-refractivity contribution in [2.75, 3.05) is 5.32 Å². The van der Waals surface area contributed by atoms with Gasteiger partial charge < -0.3 is 11.1 Å². The van der Waals surface area contributed by atoms with Crippen molar-refractivity contribution in [3.63, 3.8) is 0 Å². The molecule has 0 fully saturated rings. The van der Waals surface area contributed by atoms with Crippen LogP contribution in [0.1, 0.15) is 12.5 Å². The van der Waals surface area contributed by atoms with E-state index in [1.54, 1.807) is 31.5 Å². The van der Waals surface area contributed by atoms with E-state index in [2.05, 4.69) is 27.0 Å². The number of nitrogens with one attached hydrogen (secondary N) is 1. The molecule has 0 atom stereocenters. The molecule has 140 valence electrons. The molecule has 1 amide bonds. The molecule has 27 heavy (non-hydrogen) atoms. The summed E-state index contributed by atoms with van der Waals surface area (Å²) in [5.41, 5.74) is 6.95. The molecule has 0 saturated carbocycles. The predicted octanol–water partition coefficient (Wildman–Crippen LogP) is 1.01. The highest BCUT2D eigenvalue weighted by Crippen LogP contribution is 2.16. The van der Waals surface area contributed by atoms with Crippen molar-refractivity contribution in [2.24, 2.45) is 20.9 Å². The quantitative estimate of drug-likeness (QED) is 0.499. The monoisotopic (exact) mass is 386 g/mol. The lowest BCUT2D eigenvalue weighted by Gasteiger charge is -2.09. The number of amides is 1. The van der Waals surface area contributed by atoms with Gasteiger partial charge in [0.1, 0.15) is 0 Å². The third kappa shape index (κ3) is 5.30. The topological polar surface area (TPSA) is 153 Å². The summed E-state index contributed by atoms with van der Waals surface area (Å²) in [5.74, 6) is -0.868. The van der Waals surface area contributed by atoms with Crippen molar-refractivity contribution in [1.82, 2.24) is 4.98 Å². The molecule has 0 unspecified atom stereocenters. The molecule has 1 aromatic carbocycles. The van der Waals surface area contributed by atoms with Gasteiger partial charge in [0, 0.05) is 29.4 Å². The third-order valence-electron chi connectivity index (χ3n) is 3.41. The minimum Gasteiger partial charge on any atom is -0.382 e. The van der Waals surface area contributed by atoms with E-state index in [1.807, 2.05) is 0 Å². The minimum absolute atomic E-state index is 0.143. The van der Waals surface area contributed by atoms with Gasteiger partial charge in [0.15, 0.2) is 11.5 Å². The molecule has 0 aliphatic heterocycles. The molecule has 9 nitrogen and oxygen atoms in total. The summed E-state index contributed by atoms with van der Waals surface area (Å²) < 4.78 is 22.9. The second-order valence-electron chi connectivity index (χ2n) is 5.36. The maximum absolute atomic E-state index is 12.6. The fourth-order valence-corrected chi connectivity index (χ4v) is 2.61. The van der Waals surface area contributed by atoms with Gasteiger partial charge in [-0.3, -0.25) is 9.78 Å². The Labute approximate surface area is 156 Å². The zero-order chi connectivity index (χ0) is 20.0. The molecule has 2 aromatic rings. The maximum atomic E-state index is 12.6. The van der Waals surface area contributed by atoms with Gasteiger partial charge in [-0.25, -0.2) is 23.5 Å². The van der Waals surface area contributed by atoms with Crippen LogP contribution >= 0.6 is 0 Å². The molecule has 0 bridgehead atoms. The van der Waals surface area contributed by atoms with Gasteiger partial charge in [-0.2, -0.15) is 0 Å². The van der Waals surface area contributed by atoms with Gasteiger partial charge >= 0.3 is 0 Å². The molecule has 1 aromatic heterocycles. The Morgan fingerprint density at radius 2 is 2.00 bits per heavy atom. The van der Waals surface area contributed by atoms with Gasteiger partial charge in [0.05, 0.1) is 4.90 Å². The Kier molecular flexibility index (Phi) is 6.16. The van der Waals surface area contributed by atoms with Crippen LogP contribution in [0.2, 0.25) is 0 Å². The molecular formula is C17H18N6O3S. The average molecular weight is 386 g/mol. The average Bonchev–Trinajstić information content (AvgIpc) is 2.65. The van der Waals surface area contributed by atoms with Gasteiger partial charge in [-0.15, -0.1) is 0 Å². The lowest BCUT2D eigenvalue weighted by molar-refractivity contribution is -0.112. The number of nitrogens with two attached hydrogens (primary N) is 2. The predicted molar refractivity (Wildman–Crippen MR) is 104 cm³/mol. The molecule has 1 heterocycles. The van der Waals surface area contributed by atoms with Crippen LogP contribution in [-0.4, -0.2) is 31.7 Å². The van der Waals surface area contributed by atoms with Gasteiger partial charge in [0.2, 0.25) is 10.0 Å². The van der Waals surface area contributed by atoms with Crippen molar-refractivity contribution < 1.29 is 13.2 Å². The number of aromatic nitrogens is 1. The second kappa shape index (κ2) is 8.34. The van der Waals surface area contributed by atoms with Crippen LogP contribution in [0.25, 0.3) is 0 Å². The normalized spacial score (nSPS) is 12.9. The number of primary sulfonamides is 1. The number of hydrogen-bond donors (Lipinski definition) is 3.